The van der Waals surface area contributed by atoms with E-state index in [2.05, 4.69) is 10.4 Å². The van der Waals surface area contributed by atoms with Crippen LogP contribution < -0.4 is 5.32 Å². The molecule has 0 unspecified atom stereocenters. The molecule has 1 saturated carbocycles. The zero-order valence-electron chi connectivity index (χ0n) is 9.92. The molecule has 1 aromatic rings. The molecule has 100 valence electrons. The van der Waals surface area contributed by atoms with Crippen LogP contribution in [-0.2, 0) is 13.0 Å². The van der Waals surface area contributed by atoms with Crippen LogP contribution in [0, 0.1) is 0 Å². The van der Waals surface area contributed by atoms with Crippen LogP contribution in [0.3, 0.4) is 0 Å². The average Bonchev–Trinajstić information content (AvgIpc) is 2.96. The summed E-state index contributed by atoms with van der Waals surface area (Å²) >= 11 is 0. The lowest BCUT2D eigenvalue weighted by molar-refractivity contribution is -0.143. The van der Waals surface area contributed by atoms with Crippen molar-refractivity contribution in [1.29, 1.82) is 0 Å². The molecule has 1 amide bonds. The normalized spacial score (nSPS) is 15.8. The second-order valence-corrected chi connectivity index (χ2v) is 4.38. The van der Waals surface area contributed by atoms with Gasteiger partial charge in [0.15, 0.2) is 0 Å². The number of hydrogen-bond donors (Lipinski definition) is 1. The van der Waals surface area contributed by atoms with Gasteiger partial charge < -0.3 is 5.32 Å². The second-order valence-electron chi connectivity index (χ2n) is 4.38. The zero-order valence-corrected chi connectivity index (χ0v) is 9.92. The molecule has 0 aliphatic heterocycles. The Morgan fingerprint density at radius 3 is 2.72 bits per heavy atom. The Balaban J connectivity index is 2.17. The van der Waals surface area contributed by atoms with Crippen LogP contribution in [0.25, 0.3) is 0 Å². The van der Waals surface area contributed by atoms with Gasteiger partial charge in [0.05, 0.1) is 17.5 Å². The van der Waals surface area contributed by atoms with Gasteiger partial charge in [-0.1, -0.05) is 6.92 Å². The lowest BCUT2D eigenvalue weighted by Gasteiger charge is -2.10. The van der Waals surface area contributed by atoms with E-state index in [9.17, 15) is 18.0 Å². The molecule has 1 fully saturated rings. The molecule has 1 heterocycles. The molecule has 0 saturated heterocycles. The highest BCUT2D eigenvalue weighted by atomic mass is 19.4. The Labute approximate surface area is 102 Å². The standard InChI is InChI=1S/C11H14F3N3O/c1-2-9-8(10(18)16-7-3-4-7)5-15-17(9)6-11(12,13)14/h5,7H,2-4,6H2,1H3,(H,16,18). The summed E-state index contributed by atoms with van der Waals surface area (Å²) in [7, 11) is 0. The molecule has 7 heteroatoms. The van der Waals surface area contributed by atoms with Gasteiger partial charge in [-0.25, -0.2) is 0 Å². The fraction of sp³-hybridized carbons (Fsp3) is 0.636. The summed E-state index contributed by atoms with van der Waals surface area (Å²) in [4.78, 5) is 11.8. The lowest BCUT2D eigenvalue weighted by atomic mass is 10.2. The Bertz CT molecular complexity index is 449. The zero-order chi connectivity index (χ0) is 13.3. The summed E-state index contributed by atoms with van der Waals surface area (Å²) in [5.74, 6) is -0.331. The maximum Gasteiger partial charge on any atom is 0.408 e. The molecule has 4 nitrogen and oxygen atoms in total. The van der Waals surface area contributed by atoms with E-state index in [4.69, 9.17) is 0 Å². The first-order chi connectivity index (χ1) is 8.40. The highest BCUT2D eigenvalue weighted by Crippen LogP contribution is 2.22. The number of halogens is 3. The molecule has 0 aromatic carbocycles. The minimum atomic E-state index is -4.33. The smallest absolute Gasteiger partial charge is 0.349 e. The number of carbonyl (C=O) groups is 1. The third-order valence-electron chi connectivity index (χ3n) is 2.77. The fourth-order valence-electron chi connectivity index (χ4n) is 1.77. The molecule has 1 aromatic heterocycles. The quantitative estimate of drug-likeness (QED) is 0.899. The lowest BCUT2D eigenvalue weighted by Crippen LogP contribution is -2.27. The summed E-state index contributed by atoms with van der Waals surface area (Å²) in [6, 6.07) is 0.174. The van der Waals surface area contributed by atoms with Gasteiger partial charge in [-0.15, -0.1) is 0 Å². The van der Waals surface area contributed by atoms with Crippen LogP contribution in [0.4, 0.5) is 13.2 Å². The van der Waals surface area contributed by atoms with Crippen LogP contribution in [0.5, 0.6) is 0 Å². The third kappa shape index (κ3) is 3.02. The molecule has 18 heavy (non-hydrogen) atoms. The van der Waals surface area contributed by atoms with Crippen molar-refractivity contribution < 1.29 is 18.0 Å². The van der Waals surface area contributed by atoms with E-state index in [-0.39, 0.29) is 17.5 Å². The topological polar surface area (TPSA) is 46.9 Å². The Morgan fingerprint density at radius 1 is 1.56 bits per heavy atom. The molecule has 0 bridgehead atoms. The number of alkyl halides is 3. The SMILES string of the molecule is CCc1c(C(=O)NC2CC2)cnn1CC(F)(F)F. The van der Waals surface area contributed by atoms with Gasteiger partial charge in [-0.2, -0.15) is 18.3 Å². The molecule has 2 rings (SSSR count). The van der Waals surface area contributed by atoms with Gasteiger partial charge in [0.2, 0.25) is 0 Å². The summed E-state index contributed by atoms with van der Waals surface area (Å²) in [6.45, 7) is 0.546. The molecule has 0 spiro atoms. The van der Waals surface area contributed by atoms with Crippen molar-refractivity contribution in [2.45, 2.75) is 44.9 Å². The van der Waals surface area contributed by atoms with Crippen LogP contribution in [0.1, 0.15) is 35.8 Å². The number of amides is 1. The van der Waals surface area contributed by atoms with Crippen LogP contribution >= 0.6 is 0 Å². The maximum atomic E-state index is 12.3. The summed E-state index contributed by atoms with van der Waals surface area (Å²) in [5.41, 5.74) is 0.569. The van der Waals surface area contributed by atoms with Crippen molar-refractivity contribution in [3.8, 4) is 0 Å². The van der Waals surface area contributed by atoms with Crippen molar-refractivity contribution in [2.24, 2.45) is 0 Å². The summed E-state index contributed by atoms with van der Waals surface area (Å²) < 4.78 is 37.8. The molecule has 1 aliphatic rings. The number of aromatic nitrogens is 2. The van der Waals surface area contributed by atoms with E-state index >= 15 is 0 Å². The highest BCUT2D eigenvalue weighted by Gasteiger charge is 2.31. The van der Waals surface area contributed by atoms with Gasteiger partial charge in [0, 0.05) is 6.04 Å². The van der Waals surface area contributed by atoms with Crippen molar-refractivity contribution in [3.63, 3.8) is 0 Å². The number of rotatable bonds is 4. The van der Waals surface area contributed by atoms with E-state index < -0.39 is 12.7 Å². The first kappa shape index (κ1) is 12.9. The molecular weight excluding hydrogens is 247 g/mol. The highest BCUT2D eigenvalue weighted by molar-refractivity contribution is 5.95. The Morgan fingerprint density at radius 2 is 2.22 bits per heavy atom. The van der Waals surface area contributed by atoms with Gasteiger partial charge in [-0.05, 0) is 19.3 Å². The van der Waals surface area contributed by atoms with E-state index in [1.165, 1.54) is 6.20 Å². The number of nitrogens with one attached hydrogen (secondary N) is 1. The molecule has 1 aliphatic carbocycles. The van der Waals surface area contributed by atoms with Gasteiger partial charge >= 0.3 is 6.18 Å². The average molecular weight is 261 g/mol. The Kier molecular flexibility index (Phi) is 3.32. The predicted molar refractivity (Wildman–Crippen MR) is 58.1 cm³/mol. The van der Waals surface area contributed by atoms with Crippen molar-refractivity contribution >= 4 is 5.91 Å². The second kappa shape index (κ2) is 4.62. The summed E-state index contributed by atoms with van der Waals surface area (Å²) in [6.07, 6.45) is -0.917. The molecule has 0 atom stereocenters. The molecular formula is C11H14F3N3O. The van der Waals surface area contributed by atoms with Crippen molar-refractivity contribution in [1.82, 2.24) is 15.1 Å². The number of carbonyl (C=O) groups excluding carboxylic acids is 1. The molecule has 1 N–H and O–H groups in total. The predicted octanol–water partition coefficient (Wildman–Crippen LogP) is 1.90. The number of nitrogens with zero attached hydrogens (tertiary/aromatic N) is 2. The van der Waals surface area contributed by atoms with Gasteiger partial charge in [0.25, 0.3) is 5.91 Å². The fourth-order valence-corrected chi connectivity index (χ4v) is 1.77. The van der Waals surface area contributed by atoms with E-state index in [1.807, 2.05) is 0 Å². The van der Waals surface area contributed by atoms with Crippen molar-refractivity contribution in [3.05, 3.63) is 17.5 Å². The van der Waals surface area contributed by atoms with Crippen LogP contribution in [0.15, 0.2) is 6.20 Å². The van der Waals surface area contributed by atoms with Crippen LogP contribution in [0.2, 0.25) is 0 Å². The number of hydrogen-bond acceptors (Lipinski definition) is 2. The largest absolute Gasteiger partial charge is 0.408 e. The van der Waals surface area contributed by atoms with E-state index in [0.29, 0.717) is 12.1 Å². The minimum absolute atomic E-state index is 0.174. The van der Waals surface area contributed by atoms with E-state index in [0.717, 1.165) is 17.5 Å². The summed E-state index contributed by atoms with van der Waals surface area (Å²) in [5, 5.41) is 6.40. The third-order valence-corrected chi connectivity index (χ3v) is 2.77. The first-order valence-electron chi connectivity index (χ1n) is 5.83. The van der Waals surface area contributed by atoms with Gasteiger partial charge in [-0.3, -0.25) is 9.48 Å². The van der Waals surface area contributed by atoms with Crippen molar-refractivity contribution in [2.75, 3.05) is 0 Å². The van der Waals surface area contributed by atoms with Gasteiger partial charge in [0.1, 0.15) is 6.54 Å². The molecule has 0 radical (unpaired) electrons. The van der Waals surface area contributed by atoms with Crippen LogP contribution in [-0.4, -0.2) is 27.9 Å². The Hall–Kier alpha value is -1.53. The maximum absolute atomic E-state index is 12.3. The first-order valence-corrected chi connectivity index (χ1v) is 5.83. The monoisotopic (exact) mass is 261 g/mol. The van der Waals surface area contributed by atoms with E-state index in [1.54, 1.807) is 6.92 Å². The minimum Gasteiger partial charge on any atom is -0.349 e.